The van der Waals surface area contributed by atoms with E-state index >= 15 is 0 Å². The molecule has 5 nitrogen and oxygen atoms in total. The number of hydrogen-bond acceptors (Lipinski definition) is 4. The van der Waals surface area contributed by atoms with E-state index < -0.39 is 16.1 Å². The monoisotopic (exact) mass is 260 g/mol. The molecule has 0 aromatic rings. The van der Waals surface area contributed by atoms with Crippen molar-refractivity contribution in [3.63, 3.8) is 0 Å². The zero-order chi connectivity index (χ0) is 12.9. The van der Waals surface area contributed by atoms with E-state index in [1.165, 1.54) is 4.31 Å². The molecule has 1 N–H and O–H groups in total. The van der Waals surface area contributed by atoms with Crippen molar-refractivity contribution in [1.29, 1.82) is 5.26 Å². The first-order valence-corrected chi connectivity index (χ1v) is 7.61. The molecule has 0 aromatic heterocycles. The van der Waals surface area contributed by atoms with Gasteiger partial charge in [-0.05, 0) is 32.1 Å². The van der Waals surface area contributed by atoms with Crippen molar-refractivity contribution in [2.24, 2.45) is 5.92 Å². The van der Waals surface area contributed by atoms with Crippen LogP contribution in [-0.4, -0.2) is 42.8 Å². The molecule has 0 aromatic carbocycles. The third-order valence-corrected chi connectivity index (χ3v) is 5.11. The van der Waals surface area contributed by atoms with Gasteiger partial charge in [0.15, 0.2) is 0 Å². The smallest absolute Gasteiger partial charge is 0.214 e. The summed E-state index contributed by atoms with van der Waals surface area (Å²) in [5.41, 5.74) is 0. The summed E-state index contributed by atoms with van der Waals surface area (Å²) in [5.74, 6) is 0.0714. The molecule has 1 saturated heterocycles. The number of sulfonamides is 1. The van der Waals surface area contributed by atoms with Gasteiger partial charge in [-0.1, -0.05) is 0 Å². The van der Waals surface area contributed by atoms with Crippen LogP contribution in [0.4, 0.5) is 0 Å². The average molecular weight is 260 g/mol. The summed E-state index contributed by atoms with van der Waals surface area (Å²) >= 11 is 0. The van der Waals surface area contributed by atoms with Crippen LogP contribution < -0.4 is 0 Å². The lowest BCUT2D eigenvalue weighted by molar-refractivity contribution is 0.0885. The van der Waals surface area contributed by atoms with E-state index in [4.69, 9.17) is 5.26 Å². The highest BCUT2D eigenvalue weighted by Gasteiger charge is 2.30. The average Bonchev–Trinajstić information content (AvgIpc) is 2.29. The molecule has 98 valence electrons. The molecule has 17 heavy (non-hydrogen) atoms. The number of rotatable bonds is 5. The van der Waals surface area contributed by atoms with Crippen molar-refractivity contribution < 1.29 is 13.5 Å². The highest BCUT2D eigenvalue weighted by atomic mass is 32.2. The van der Waals surface area contributed by atoms with Gasteiger partial charge in [0.2, 0.25) is 10.0 Å². The van der Waals surface area contributed by atoms with E-state index in [1.807, 2.05) is 6.07 Å². The minimum absolute atomic E-state index is 0.0348. The Labute approximate surface area is 103 Å². The minimum Gasteiger partial charge on any atom is -0.393 e. The van der Waals surface area contributed by atoms with Gasteiger partial charge in [-0.3, -0.25) is 0 Å². The summed E-state index contributed by atoms with van der Waals surface area (Å²) in [6.45, 7) is 2.65. The molecule has 0 radical (unpaired) electrons. The maximum absolute atomic E-state index is 12.0. The van der Waals surface area contributed by atoms with Gasteiger partial charge in [-0.25, -0.2) is 12.7 Å². The van der Waals surface area contributed by atoms with Gasteiger partial charge in [0.1, 0.15) is 0 Å². The highest BCUT2D eigenvalue weighted by Crippen LogP contribution is 2.22. The van der Waals surface area contributed by atoms with Crippen molar-refractivity contribution >= 4 is 10.0 Å². The fourth-order valence-electron chi connectivity index (χ4n) is 2.08. The molecule has 0 saturated carbocycles. The summed E-state index contributed by atoms with van der Waals surface area (Å²) in [6.07, 6.45) is 1.86. The van der Waals surface area contributed by atoms with Crippen molar-refractivity contribution in [2.45, 2.75) is 38.7 Å². The second-order valence-corrected chi connectivity index (χ2v) is 6.67. The standard InChI is InChI=1S/C11H20N2O3S/c1-10(14)11-5-4-7-13(9-11)17(15,16)8-3-2-6-12/h10-11,14H,2-5,7-9H2,1H3. The minimum atomic E-state index is -3.25. The van der Waals surface area contributed by atoms with Crippen LogP contribution >= 0.6 is 0 Å². The third-order valence-electron chi connectivity index (χ3n) is 3.19. The third kappa shape index (κ3) is 4.26. The Hall–Kier alpha value is -0.640. The predicted molar refractivity (Wildman–Crippen MR) is 64.6 cm³/mol. The number of piperidine rings is 1. The van der Waals surface area contributed by atoms with Gasteiger partial charge in [0, 0.05) is 19.5 Å². The van der Waals surface area contributed by atoms with Gasteiger partial charge >= 0.3 is 0 Å². The van der Waals surface area contributed by atoms with Crippen LogP contribution in [-0.2, 0) is 10.0 Å². The SMILES string of the molecule is CC(O)C1CCCN(S(=O)(=O)CCCC#N)C1. The number of nitrogens with zero attached hydrogens (tertiary/aromatic N) is 2. The lowest BCUT2D eigenvalue weighted by Gasteiger charge is -2.33. The van der Waals surface area contributed by atoms with Crippen molar-refractivity contribution in [3.8, 4) is 6.07 Å². The Morgan fingerprint density at radius 1 is 1.59 bits per heavy atom. The molecule has 1 fully saturated rings. The van der Waals surface area contributed by atoms with Crippen LogP contribution in [0.15, 0.2) is 0 Å². The van der Waals surface area contributed by atoms with Crippen LogP contribution in [0, 0.1) is 17.2 Å². The van der Waals surface area contributed by atoms with Gasteiger partial charge in [-0.15, -0.1) is 0 Å². The zero-order valence-electron chi connectivity index (χ0n) is 10.2. The predicted octanol–water partition coefficient (Wildman–Crippen LogP) is 0.713. The van der Waals surface area contributed by atoms with E-state index in [0.29, 0.717) is 19.5 Å². The Morgan fingerprint density at radius 2 is 2.29 bits per heavy atom. The van der Waals surface area contributed by atoms with E-state index in [-0.39, 0.29) is 18.1 Å². The normalized spacial score (nSPS) is 24.2. The van der Waals surface area contributed by atoms with Crippen molar-refractivity contribution in [3.05, 3.63) is 0 Å². The van der Waals surface area contributed by atoms with Crippen molar-refractivity contribution in [1.82, 2.24) is 4.31 Å². The van der Waals surface area contributed by atoms with Crippen LogP contribution in [0.5, 0.6) is 0 Å². The zero-order valence-corrected chi connectivity index (χ0v) is 11.0. The van der Waals surface area contributed by atoms with Crippen LogP contribution in [0.2, 0.25) is 0 Å². The first kappa shape index (κ1) is 14.4. The molecule has 2 atom stereocenters. The highest BCUT2D eigenvalue weighted by molar-refractivity contribution is 7.89. The second-order valence-electron chi connectivity index (χ2n) is 4.58. The molecule has 6 heteroatoms. The van der Waals surface area contributed by atoms with E-state index in [9.17, 15) is 13.5 Å². The molecule has 1 aliphatic rings. The number of hydrogen-bond donors (Lipinski definition) is 1. The number of unbranched alkanes of at least 4 members (excludes halogenated alkanes) is 1. The number of aliphatic hydroxyl groups is 1. The molecule has 0 bridgehead atoms. The van der Waals surface area contributed by atoms with Gasteiger partial charge in [0.25, 0.3) is 0 Å². The van der Waals surface area contributed by atoms with Gasteiger partial charge in [-0.2, -0.15) is 5.26 Å². The lowest BCUT2D eigenvalue weighted by atomic mass is 9.95. The second kappa shape index (κ2) is 6.34. The van der Waals surface area contributed by atoms with E-state index in [2.05, 4.69) is 0 Å². The Bertz CT molecular complexity index is 373. The van der Waals surface area contributed by atoms with Gasteiger partial charge < -0.3 is 5.11 Å². The van der Waals surface area contributed by atoms with E-state index in [0.717, 1.165) is 12.8 Å². The first-order valence-electron chi connectivity index (χ1n) is 6.00. The summed E-state index contributed by atoms with van der Waals surface area (Å²) in [7, 11) is -3.25. The molecular formula is C11H20N2O3S. The number of aliphatic hydroxyl groups excluding tert-OH is 1. The summed E-state index contributed by atoms with van der Waals surface area (Å²) in [4.78, 5) is 0. The summed E-state index contributed by atoms with van der Waals surface area (Å²) in [5, 5.41) is 17.9. The molecule has 1 rings (SSSR count). The molecule has 0 aliphatic carbocycles. The maximum atomic E-state index is 12.0. The summed E-state index contributed by atoms with van der Waals surface area (Å²) < 4.78 is 25.4. The molecule has 2 unspecified atom stereocenters. The van der Waals surface area contributed by atoms with Crippen LogP contribution in [0.1, 0.15) is 32.6 Å². The molecule has 0 amide bonds. The topological polar surface area (TPSA) is 81.4 Å². The maximum Gasteiger partial charge on any atom is 0.214 e. The largest absolute Gasteiger partial charge is 0.393 e. The Kier molecular flexibility index (Phi) is 5.37. The van der Waals surface area contributed by atoms with Gasteiger partial charge in [0.05, 0.1) is 17.9 Å². The van der Waals surface area contributed by atoms with E-state index in [1.54, 1.807) is 6.92 Å². The van der Waals surface area contributed by atoms with Crippen molar-refractivity contribution in [2.75, 3.05) is 18.8 Å². The quantitative estimate of drug-likeness (QED) is 0.738. The van der Waals surface area contributed by atoms with Crippen LogP contribution in [0.3, 0.4) is 0 Å². The lowest BCUT2D eigenvalue weighted by Crippen LogP contribution is -2.43. The number of nitriles is 1. The summed E-state index contributed by atoms with van der Waals surface area (Å²) in [6, 6.07) is 1.95. The Balaban J connectivity index is 2.56. The van der Waals surface area contributed by atoms with Crippen LogP contribution in [0.25, 0.3) is 0 Å². The molecule has 1 heterocycles. The fourth-order valence-corrected chi connectivity index (χ4v) is 3.68. The molecule has 1 aliphatic heterocycles. The first-order chi connectivity index (χ1) is 7.97. The molecular weight excluding hydrogens is 240 g/mol. The fraction of sp³-hybridized carbons (Fsp3) is 0.909. The Morgan fingerprint density at radius 3 is 2.88 bits per heavy atom. The molecule has 0 spiro atoms.